The molecule has 0 aromatic heterocycles. The normalized spacial score (nSPS) is 12.0. The maximum Gasteiger partial charge on any atom is 0.142 e. The molecule has 0 aliphatic heterocycles. The molecular weight excluding hydrogens is 322 g/mol. The number of halogens is 1. The van der Waals surface area contributed by atoms with E-state index in [9.17, 15) is 4.21 Å². The summed E-state index contributed by atoms with van der Waals surface area (Å²) >= 11 is 5.85. The van der Waals surface area contributed by atoms with Crippen molar-refractivity contribution in [1.82, 2.24) is 4.72 Å². The molecule has 4 nitrogen and oxygen atoms in total. The van der Waals surface area contributed by atoms with E-state index in [1.54, 1.807) is 38.5 Å². The minimum Gasteiger partial charge on any atom is -0.496 e. The molecule has 118 valence electrons. The van der Waals surface area contributed by atoms with Crippen molar-refractivity contribution >= 4 is 22.6 Å². The van der Waals surface area contributed by atoms with E-state index in [2.05, 4.69) is 4.72 Å². The molecule has 6 heteroatoms. The smallest absolute Gasteiger partial charge is 0.142 e. The predicted molar refractivity (Wildman–Crippen MR) is 89.0 cm³/mol. The van der Waals surface area contributed by atoms with Crippen molar-refractivity contribution in [2.24, 2.45) is 0 Å². The van der Waals surface area contributed by atoms with Crippen LogP contribution in [0.15, 0.2) is 41.3 Å². The molecule has 0 fully saturated rings. The van der Waals surface area contributed by atoms with E-state index < -0.39 is 11.0 Å². The van der Waals surface area contributed by atoms with E-state index in [0.717, 1.165) is 11.1 Å². The Hall–Kier alpha value is -1.56. The van der Waals surface area contributed by atoms with E-state index >= 15 is 0 Å². The van der Waals surface area contributed by atoms with Crippen LogP contribution in [0.3, 0.4) is 0 Å². The number of methoxy groups -OCH3 is 2. The highest BCUT2D eigenvalue weighted by molar-refractivity contribution is 7.83. The Bertz CT molecular complexity index is 674. The zero-order valence-corrected chi connectivity index (χ0v) is 14.3. The molecule has 0 unspecified atom stereocenters. The summed E-state index contributed by atoms with van der Waals surface area (Å²) in [6.07, 6.45) is 0. The van der Waals surface area contributed by atoms with Crippen LogP contribution < -0.4 is 14.2 Å². The fourth-order valence-corrected chi connectivity index (χ4v) is 3.27. The Morgan fingerprint density at radius 3 is 2.36 bits per heavy atom. The molecular formula is C16H18ClNO3S. The Labute approximate surface area is 138 Å². The Kier molecular flexibility index (Phi) is 5.83. The minimum absolute atomic E-state index is 0.470. The quantitative estimate of drug-likeness (QED) is 0.876. The molecule has 0 spiro atoms. The minimum atomic E-state index is -1.38. The lowest BCUT2D eigenvalue weighted by Gasteiger charge is -2.14. The van der Waals surface area contributed by atoms with Gasteiger partial charge in [-0.3, -0.25) is 0 Å². The first-order valence-electron chi connectivity index (χ1n) is 6.68. The topological polar surface area (TPSA) is 47.6 Å². The number of benzene rings is 2. The lowest BCUT2D eigenvalue weighted by molar-refractivity contribution is 0.381. The third-order valence-corrected chi connectivity index (χ3v) is 4.64. The average molecular weight is 340 g/mol. The SMILES string of the molecule is COc1ccc([S@](=O)NCc2ccc(Cl)cc2)c(OC)c1C. The molecule has 2 rings (SSSR count). The van der Waals surface area contributed by atoms with Crippen molar-refractivity contribution in [2.45, 2.75) is 18.4 Å². The van der Waals surface area contributed by atoms with E-state index in [4.69, 9.17) is 21.1 Å². The van der Waals surface area contributed by atoms with Gasteiger partial charge in [-0.15, -0.1) is 0 Å². The molecule has 1 N–H and O–H groups in total. The van der Waals surface area contributed by atoms with Gasteiger partial charge in [0.25, 0.3) is 0 Å². The summed E-state index contributed by atoms with van der Waals surface area (Å²) in [7, 11) is 1.77. The maximum absolute atomic E-state index is 12.5. The van der Waals surface area contributed by atoms with Gasteiger partial charge in [-0.1, -0.05) is 23.7 Å². The molecule has 0 saturated carbocycles. The van der Waals surface area contributed by atoms with Crippen LogP contribution >= 0.6 is 11.6 Å². The van der Waals surface area contributed by atoms with Crippen LogP contribution in [-0.2, 0) is 17.5 Å². The standard InChI is InChI=1S/C16H18ClNO3S/c1-11-14(20-2)8-9-15(16(11)21-3)22(19)18-10-12-4-6-13(17)7-5-12/h4-9,18H,10H2,1-3H3/t22-/m0/s1. The number of hydrogen-bond acceptors (Lipinski definition) is 3. The van der Waals surface area contributed by atoms with Crippen LogP contribution in [0, 0.1) is 6.92 Å². The first kappa shape index (κ1) is 16.8. The van der Waals surface area contributed by atoms with Gasteiger partial charge in [0.15, 0.2) is 0 Å². The highest BCUT2D eigenvalue weighted by atomic mass is 35.5. The van der Waals surface area contributed by atoms with Crippen molar-refractivity contribution in [3.63, 3.8) is 0 Å². The molecule has 0 aliphatic carbocycles. The summed E-state index contributed by atoms with van der Waals surface area (Å²) in [6, 6.07) is 10.9. The molecule has 0 saturated heterocycles. The predicted octanol–water partition coefficient (Wildman–Crippen LogP) is 3.48. The average Bonchev–Trinajstić information content (AvgIpc) is 2.53. The van der Waals surface area contributed by atoms with E-state index in [1.165, 1.54) is 0 Å². The lowest BCUT2D eigenvalue weighted by Crippen LogP contribution is -2.17. The maximum atomic E-state index is 12.5. The van der Waals surface area contributed by atoms with Crippen LogP contribution in [-0.4, -0.2) is 18.4 Å². The monoisotopic (exact) mass is 339 g/mol. The second-order valence-corrected chi connectivity index (χ2v) is 6.34. The Balaban J connectivity index is 2.15. The van der Waals surface area contributed by atoms with Gasteiger partial charge in [0.2, 0.25) is 0 Å². The third kappa shape index (κ3) is 3.80. The lowest BCUT2D eigenvalue weighted by atomic mass is 10.2. The van der Waals surface area contributed by atoms with Gasteiger partial charge >= 0.3 is 0 Å². The molecule has 0 bridgehead atoms. The number of rotatable bonds is 6. The summed E-state index contributed by atoms with van der Waals surface area (Å²) < 4.78 is 26.1. The van der Waals surface area contributed by atoms with E-state index in [1.807, 2.05) is 19.1 Å². The highest BCUT2D eigenvalue weighted by Crippen LogP contribution is 2.32. The van der Waals surface area contributed by atoms with E-state index in [0.29, 0.717) is 28.0 Å². The Morgan fingerprint density at radius 2 is 1.77 bits per heavy atom. The first-order valence-corrected chi connectivity index (χ1v) is 8.21. The molecule has 0 aliphatic rings. The van der Waals surface area contributed by atoms with Crippen molar-refractivity contribution in [2.75, 3.05) is 14.2 Å². The molecule has 1 atom stereocenters. The zero-order chi connectivity index (χ0) is 16.1. The van der Waals surface area contributed by atoms with Crippen molar-refractivity contribution < 1.29 is 13.7 Å². The molecule has 22 heavy (non-hydrogen) atoms. The summed E-state index contributed by atoms with van der Waals surface area (Å²) in [6.45, 7) is 2.34. The van der Waals surface area contributed by atoms with Gasteiger partial charge in [0.05, 0.1) is 19.1 Å². The molecule has 0 heterocycles. The van der Waals surface area contributed by atoms with Crippen LogP contribution in [0.25, 0.3) is 0 Å². The summed E-state index contributed by atoms with van der Waals surface area (Å²) in [5.74, 6) is 1.27. The zero-order valence-electron chi connectivity index (χ0n) is 12.7. The summed E-state index contributed by atoms with van der Waals surface area (Å²) in [5.41, 5.74) is 1.83. The van der Waals surface area contributed by atoms with E-state index in [-0.39, 0.29) is 0 Å². The van der Waals surface area contributed by atoms with Crippen LogP contribution in [0.1, 0.15) is 11.1 Å². The Morgan fingerprint density at radius 1 is 1.09 bits per heavy atom. The third-order valence-electron chi connectivity index (χ3n) is 3.26. The largest absolute Gasteiger partial charge is 0.496 e. The van der Waals surface area contributed by atoms with Gasteiger partial charge in [0, 0.05) is 17.1 Å². The first-order chi connectivity index (χ1) is 10.6. The number of nitrogens with one attached hydrogen (secondary N) is 1. The number of hydrogen-bond donors (Lipinski definition) is 1. The fraction of sp³-hybridized carbons (Fsp3) is 0.250. The summed E-state index contributed by atoms with van der Waals surface area (Å²) in [5, 5.41) is 0.678. The molecule has 0 amide bonds. The van der Waals surface area contributed by atoms with Gasteiger partial charge in [-0.2, -0.15) is 0 Å². The fourth-order valence-electron chi connectivity index (χ4n) is 2.10. The molecule has 2 aromatic carbocycles. The number of ether oxygens (including phenoxy) is 2. The second-order valence-electron chi connectivity index (χ2n) is 4.64. The van der Waals surface area contributed by atoms with Gasteiger partial charge in [-0.05, 0) is 36.8 Å². The van der Waals surface area contributed by atoms with Crippen LogP contribution in [0.5, 0.6) is 11.5 Å². The van der Waals surface area contributed by atoms with Gasteiger partial charge < -0.3 is 9.47 Å². The molecule has 2 aromatic rings. The van der Waals surface area contributed by atoms with Crippen molar-refractivity contribution in [3.8, 4) is 11.5 Å². The summed E-state index contributed by atoms with van der Waals surface area (Å²) in [4.78, 5) is 0.592. The highest BCUT2D eigenvalue weighted by Gasteiger charge is 2.16. The van der Waals surface area contributed by atoms with Gasteiger partial charge in [-0.25, -0.2) is 8.93 Å². The molecule has 0 radical (unpaired) electrons. The second kappa shape index (κ2) is 7.63. The van der Waals surface area contributed by atoms with Crippen LogP contribution in [0.2, 0.25) is 5.02 Å². The van der Waals surface area contributed by atoms with Crippen molar-refractivity contribution in [1.29, 1.82) is 0 Å². The van der Waals surface area contributed by atoms with Crippen LogP contribution in [0.4, 0.5) is 0 Å². The van der Waals surface area contributed by atoms with Gasteiger partial charge in [0.1, 0.15) is 22.5 Å². The van der Waals surface area contributed by atoms with Crippen molar-refractivity contribution in [3.05, 3.63) is 52.5 Å².